The minimum atomic E-state index is 0.0166. The summed E-state index contributed by atoms with van der Waals surface area (Å²) < 4.78 is 0.804. The first kappa shape index (κ1) is 13.7. The molecule has 0 aliphatic carbocycles. The molecule has 0 aliphatic rings. The molecule has 88 valence electrons. The largest absolute Gasteiger partial charge is 0.198 e. The third kappa shape index (κ3) is 2.87. The lowest BCUT2D eigenvalue weighted by Crippen LogP contribution is -2.18. The second-order valence-corrected chi connectivity index (χ2v) is 5.53. The van der Waals surface area contributed by atoms with E-state index in [1.165, 1.54) is 0 Å². The van der Waals surface area contributed by atoms with Gasteiger partial charge in [0, 0.05) is 4.47 Å². The van der Waals surface area contributed by atoms with Crippen LogP contribution in [0.3, 0.4) is 0 Å². The van der Waals surface area contributed by atoms with Gasteiger partial charge in [0.1, 0.15) is 6.07 Å². The summed E-state index contributed by atoms with van der Waals surface area (Å²) >= 11 is 3.41. The highest BCUT2D eigenvalue weighted by atomic mass is 79.9. The average Bonchev–Trinajstić information content (AvgIpc) is 2.31. The van der Waals surface area contributed by atoms with E-state index in [1.807, 2.05) is 12.1 Å². The molecule has 0 N–H and O–H groups in total. The molecule has 0 aliphatic heterocycles. The summed E-state index contributed by atoms with van der Waals surface area (Å²) in [6, 6.07) is 8.10. The quantitative estimate of drug-likeness (QED) is 0.842. The van der Waals surface area contributed by atoms with Crippen LogP contribution < -0.4 is 0 Å². The van der Waals surface area contributed by atoms with Gasteiger partial charge in [-0.1, -0.05) is 20.8 Å². The van der Waals surface area contributed by atoms with Crippen LogP contribution in [0.4, 0.5) is 0 Å². The molecule has 17 heavy (non-hydrogen) atoms. The lowest BCUT2D eigenvalue weighted by molar-refractivity contribution is 0.502. The number of nitriles is 2. The van der Waals surface area contributed by atoms with E-state index in [9.17, 15) is 0 Å². The molecular formula is C14H15BrN2. The van der Waals surface area contributed by atoms with Gasteiger partial charge in [-0.3, -0.25) is 0 Å². The van der Waals surface area contributed by atoms with Gasteiger partial charge in [0.05, 0.1) is 18.1 Å². The summed E-state index contributed by atoms with van der Waals surface area (Å²) in [6.45, 7) is 6.44. The molecule has 0 atom stereocenters. The highest BCUT2D eigenvalue weighted by molar-refractivity contribution is 9.10. The number of halogens is 1. The van der Waals surface area contributed by atoms with E-state index in [0.29, 0.717) is 12.0 Å². The van der Waals surface area contributed by atoms with Crippen LogP contribution in [0.1, 0.15) is 43.9 Å². The number of benzene rings is 1. The Morgan fingerprint density at radius 3 is 2.41 bits per heavy atom. The number of rotatable bonds is 3. The lowest BCUT2D eigenvalue weighted by Gasteiger charge is -2.26. The van der Waals surface area contributed by atoms with Crippen LogP contribution in [-0.2, 0) is 11.8 Å². The van der Waals surface area contributed by atoms with Crippen LogP contribution in [0.5, 0.6) is 0 Å². The number of hydrogen-bond donors (Lipinski definition) is 0. The maximum absolute atomic E-state index is 9.00. The Labute approximate surface area is 111 Å². The van der Waals surface area contributed by atoms with E-state index in [-0.39, 0.29) is 5.41 Å². The van der Waals surface area contributed by atoms with E-state index < -0.39 is 0 Å². The molecular weight excluding hydrogens is 276 g/mol. The molecule has 0 aromatic heterocycles. The van der Waals surface area contributed by atoms with Gasteiger partial charge >= 0.3 is 0 Å². The van der Waals surface area contributed by atoms with Crippen LogP contribution in [0.15, 0.2) is 16.6 Å². The molecule has 2 nitrogen and oxygen atoms in total. The predicted molar refractivity (Wildman–Crippen MR) is 71.5 cm³/mol. The normalized spacial score (nSPS) is 10.7. The van der Waals surface area contributed by atoms with Gasteiger partial charge < -0.3 is 0 Å². The second-order valence-electron chi connectivity index (χ2n) is 4.67. The van der Waals surface area contributed by atoms with Crippen molar-refractivity contribution in [3.05, 3.63) is 33.3 Å². The molecule has 0 fully saturated rings. The Morgan fingerprint density at radius 1 is 1.29 bits per heavy atom. The van der Waals surface area contributed by atoms with Crippen LogP contribution in [0.2, 0.25) is 0 Å². The monoisotopic (exact) mass is 290 g/mol. The minimum absolute atomic E-state index is 0.0166. The van der Waals surface area contributed by atoms with Gasteiger partial charge in [0.2, 0.25) is 0 Å². The molecule has 0 unspecified atom stereocenters. The standard InChI is InChI=1S/C14H15BrN2/c1-4-14(2,3)12-8-13(15)11(9-17)7-10(12)5-6-16/h7-8H,4-5H2,1-3H3. The summed E-state index contributed by atoms with van der Waals surface area (Å²) in [6.07, 6.45) is 1.34. The molecule has 0 amide bonds. The van der Waals surface area contributed by atoms with E-state index in [2.05, 4.69) is 48.8 Å². The maximum Gasteiger partial charge on any atom is 0.100 e. The van der Waals surface area contributed by atoms with Crippen molar-refractivity contribution in [2.24, 2.45) is 0 Å². The van der Waals surface area contributed by atoms with Crippen molar-refractivity contribution in [1.82, 2.24) is 0 Å². The maximum atomic E-state index is 9.00. The zero-order valence-electron chi connectivity index (χ0n) is 10.3. The first-order chi connectivity index (χ1) is 7.96. The van der Waals surface area contributed by atoms with E-state index >= 15 is 0 Å². The number of nitrogens with zero attached hydrogens (tertiary/aromatic N) is 2. The van der Waals surface area contributed by atoms with Crippen molar-refractivity contribution in [3.8, 4) is 12.1 Å². The number of hydrogen-bond acceptors (Lipinski definition) is 2. The average molecular weight is 291 g/mol. The van der Waals surface area contributed by atoms with E-state index in [1.54, 1.807) is 0 Å². The Bertz CT molecular complexity index is 504. The van der Waals surface area contributed by atoms with Gasteiger partial charge in [-0.25, -0.2) is 0 Å². The van der Waals surface area contributed by atoms with Crippen molar-refractivity contribution in [3.63, 3.8) is 0 Å². The van der Waals surface area contributed by atoms with Crippen molar-refractivity contribution < 1.29 is 0 Å². The molecule has 1 aromatic rings. The van der Waals surface area contributed by atoms with Crippen molar-refractivity contribution in [1.29, 1.82) is 10.5 Å². The fourth-order valence-electron chi connectivity index (χ4n) is 1.76. The third-order valence-corrected chi connectivity index (χ3v) is 3.85. The highest BCUT2D eigenvalue weighted by Crippen LogP contribution is 2.33. The van der Waals surface area contributed by atoms with Gasteiger partial charge in [-0.2, -0.15) is 10.5 Å². The summed E-state index contributed by atoms with van der Waals surface area (Å²) in [5.41, 5.74) is 2.71. The summed E-state index contributed by atoms with van der Waals surface area (Å²) in [5, 5.41) is 17.9. The molecule has 0 spiro atoms. The van der Waals surface area contributed by atoms with Crippen molar-refractivity contribution >= 4 is 15.9 Å². The molecule has 0 radical (unpaired) electrons. The Kier molecular flexibility index (Phi) is 4.32. The molecule has 1 rings (SSSR count). The van der Waals surface area contributed by atoms with Crippen LogP contribution in [0.25, 0.3) is 0 Å². The Hall–Kier alpha value is -1.32. The Balaban J connectivity index is 3.45. The molecule has 1 aromatic carbocycles. The molecule has 3 heteroatoms. The fraction of sp³-hybridized carbons (Fsp3) is 0.429. The summed E-state index contributed by atoms with van der Waals surface area (Å²) in [4.78, 5) is 0. The van der Waals surface area contributed by atoms with Gasteiger partial charge in [0.15, 0.2) is 0 Å². The summed E-state index contributed by atoms with van der Waals surface area (Å²) in [7, 11) is 0. The smallest absolute Gasteiger partial charge is 0.100 e. The van der Waals surface area contributed by atoms with Gasteiger partial charge in [0.25, 0.3) is 0 Å². The highest BCUT2D eigenvalue weighted by Gasteiger charge is 2.22. The van der Waals surface area contributed by atoms with Crippen molar-refractivity contribution in [2.45, 2.75) is 39.0 Å². The fourth-order valence-corrected chi connectivity index (χ4v) is 2.19. The molecule has 0 heterocycles. The minimum Gasteiger partial charge on any atom is -0.198 e. The topological polar surface area (TPSA) is 47.6 Å². The zero-order valence-corrected chi connectivity index (χ0v) is 11.9. The van der Waals surface area contributed by atoms with E-state index in [4.69, 9.17) is 10.5 Å². The van der Waals surface area contributed by atoms with Crippen molar-refractivity contribution in [2.75, 3.05) is 0 Å². The summed E-state index contributed by atoms with van der Waals surface area (Å²) in [5.74, 6) is 0. The second kappa shape index (κ2) is 5.34. The third-order valence-electron chi connectivity index (χ3n) is 3.20. The lowest BCUT2D eigenvalue weighted by atomic mass is 9.78. The Morgan fingerprint density at radius 2 is 1.94 bits per heavy atom. The van der Waals surface area contributed by atoms with Crippen LogP contribution >= 0.6 is 15.9 Å². The molecule has 0 bridgehead atoms. The van der Waals surface area contributed by atoms with Crippen LogP contribution in [0, 0.1) is 22.7 Å². The predicted octanol–water partition coefficient (Wildman–Crippen LogP) is 4.07. The molecule has 0 saturated heterocycles. The van der Waals surface area contributed by atoms with Gasteiger partial charge in [-0.15, -0.1) is 0 Å². The van der Waals surface area contributed by atoms with E-state index in [0.717, 1.165) is 22.0 Å². The SMILES string of the molecule is CCC(C)(C)c1cc(Br)c(C#N)cc1CC#N. The first-order valence-electron chi connectivity index (χ1n) is 5.56. The molecule has 0 saturated carbocycles. The van der Waals surface area contributed by atoms with Crippen LogP contribution in [-0.4, -0.2) is 0 Å². The zero-order chi connectivity index (χ0) is 13.1. The van der Waals surface area contributed by atoms with Gasteiger partial charge in [-0.05, 0) is 51.0 Å². The first-order valence-corrected chi connectivity index (χ1v) is 6.35.